The lowest BCUT2D eigenvalue weighted by Gasteiger charge is -2.28. The van der Waals surface area contributed by atoms with Crippen molar-refractivity contribution in [2.75, 3.05) is 32.3 Å². The Morgan fingerprint density at radius 3 is 2.64 bits per heavy atom. The third-order valence-corrected chi connectivity index (χ3v) is 6.26. The predicted octanol–water partition coefficient (Wildman–Crippen LogP) is 2.96. The molecule has 0 unspecified atom stereocenters. The zero-order valence-corrected chi connectivity index (χ0v) is 19.9. The van der Waals surface area contributed by atoms with Gasteiger partial charge in [0.15, 0.2) is 11.5 Å². The molecule has 33 heavy (non-hydrogen) atoms. The van der Waals surface area contributed by atoms with Crippen molar-refractivity contribution in [2.45, 2.75) is 32.4 Å². The van der Waals surface area contributed by atoms with Crippen LogP contribution in [0.5, 0.6) is 11.5 Å². The number of aliphatic hydroxyl groups is 1. The summed E-state index contributed by atoms with van der Waals surface area (Å²) in [5.74, 6) is 6.68. The smallest absolute Gasteiger partial charge is 0.255 e. The molecule has 1 N–H and O–H groups in total. The van der Waals surface area contributed by atoms with Crippen LogP contribution in [0.15, 0.2) is 36.4 Å². The summed E-state index contributed by atoms with van der Waals surface area (Å²) in [6.45, 7) is 2.66. The number of amides is 1. The fourth-order valence-corrected chi connectivity index (χ4v) is 4.77. The molecule has 7 nitrogen and oxygen atoms in total. The molecule has 8 heteroatoms. The molecule has 1 aliphatic rings. The number of aliphatic hydroxyl groups excluding tert-OH is 1. The first kappa shape index (κ1) is 24.6. The van der Waals surface area contributed by atoms with Crippen molar-refractivity contribution in [2.24, 2.45) is 0 Å². The zero-order valence-electron chi connectivity index (χ0n) is 19.1. The highest BCUT2D eigenvalue weighted by molar-refractivity contribution is 7.90. The average molecular weight is 472 g/mol. The van der Waals surface area contributed by atoms with Crippen molar-refractivity contribution in [1.82, 2.24) is 4.90 Å². The van der Waals surface area contributed by atoms with E-state index in [9.17, 15) is 13.2 Å². The molecule has 1 aliphatic heterocycles. The fourth-order valence-electron chi connectivity index (χ4n) is 3.83. The van der Waals surface area contributed by atoms with E-state index in [-0.39, 0.29) is 24.8 Å². The van der Waals surface area contributed by atoms with Crippen LogP contribution in [0, 0.1) is 11.8 Å². The molecule has 0 saturated heterocycles. The standard InChI is InChI=1S/C25H29NO6S/c1-4-32-24-15-19(10-12-23(24)31-2)22(17-33(3,29)30)26-16-20-14-18(8-6-5-7-13-27)9-11-21(20)25(26)28/h9-12,14-15,22,27H,4-5,7,13,16-17H2,1-3H3/t22-/m1/s1. The molecular weight excluding hydrogens is 442 g/mol. The number of rotatable bonds is 9. The minimum Gasteiger partial charge on any atom is -0.493 e. The molecule has 176 valence electrons. The topological polar surface area (TPSA) is 93.1 Å². The number of methoxy groups -OCH3 is 1. The van der Waals surface area contributed by atoms with Gasteiger partial charge in [0.1, 0.15) is 9.84 Å². The van der Waals surface area contributed by atoms with Crippen LogP contribution in [0.4, 0.5) is 0 Å². The van der Waals surface area contributed by atoms with Gasteiger partial charge in [0.25, 0.3) is 5.91 Å². The molecule has 0 fully saturated rings. The number of unbranched alkanes of at least 4 members (excludes halogenated alkanes) is 1. The van der Waals surface area contributed by atoms with E-state index in [4.69, 9.17) is 14.6 Å². The number of nitrogens with zero attached hydrogens (tertiary/aromatic N) is 1. The predicted molar refractivity (Wildman–Crippen MR) is 126 cm³/mol. The van der Waals surface area contributed by atoms with Gasteiger partial charge >= 0.3 is 0 Å². The highest BCUT2D eigenvalue weighted by Crippen LogP contribution is 2.36. The minimum atomic E-state index is -3.39. The summed E-state index contributed by atoms with van der Waals surface area (Å²) >= 11 is 0. The third kappa shape index (κ3) is 6.06. The molecule has 0 radical (unpaired) electrons. The van der Waals surface area contributed by atoms with Crippen LogP contribution < -0.4 is 9.47 Å². The second-order valence-electron chi connectivity index (χ2n) is 7.89. The number of benzene rings is 2. The lowest BCUT2D eigenvalue weighted by Crippen LogP contribution is -2.33. The Kier molecular flexibility index (Phi) is 8.01. The fraction of sp³-hybridized carbons (Fsp3) is 0.400. The summed E-state index contributed by atoms with van der Waals surface area (Å²) in [5, 5.41) is 8.88. The van der Waals surface area contributed by atoms with Crippen molar-refractivity contribution >= 4 is 15.7 Å². The molecule has 2 aromatic carbocycles. The van der Waals surface area contributed by atoms with Gasteiger partial charge in [0.05, 0.1) is 25.5 Å². The Morgan fingerprint density at radius 1 is 1.18 bits per heavy atom. The summed E-state index contributed by atoms with van der Waals surface area (Å²) in [6.07, 6.45) is 2.37. The number of ether oxygens (including phenoxy) is 2. The maximum atomic E-state index is 13.3. The molecule has 3 rings (SSSR count). The Labute approximate surface area is 195 Å². The average Bonchev–Trinajstić information content (AvgIpc) is 3.10. The van der Waals surface area contributed by atoms with Gasteiger partial charge in [0, 0.05) is 37.0 Å². The van der Waals surface area contributed by atoms with Gasteiger partial charge in [-0.1, -0.05) is 17.9 Å². The zero-order chi connectivity index (χ0) is 24.0. The van der Waals surface area contributed by atoms with Crippen LogP contribution in [0.25, 0.3) is 0 Å². The van der Waals surface area contributed by atoms with Gasteiger partial charge in [0.2, 0.25) is 0 Å². The van der Waals surface area contributed by atoms with E-state index in [1.54, 1.807) is 35.2 Å². The van der Waals surface area contributed by atoms with Gasteiger partial charge in [-0.25, -0.2) is 8.42 Å². The Morgan fingerprint density at radius 2 is 1.97 bits per heavy atom. The van der Waals surface area contributed by atoms with Crippen LogP contribution in [-0.2, 0) is 16.4 Å². The number of fused-ring (bicyclic) bond motifs is 1. The maximum absolute atomic E-state index is 13.3. The van der Waals surface area contributed by atoms with Crippen molar-refractivity contribution < 1.29 is 27.8 Å². The summed E-state index contributed by atoms with van der Waals surface area (Å²) in [6, 6.07) is 9.96. The molecule has 1 atom stereocenters. The first-order valence-corrected chi connectivity index (χ1v) is 12.9. The SMILES string of the molecule is CCOc1cc([C@@H](CS(C)(=O)=O)N2Cc3cc(C#CCCCO)ccc3C2=O)ccc1OC. The second-order valence-corrected chi connectivity index (χ2v) is 10.1. The quantitative estimate of drug-likeness (QED) is 0.447. The maximum Gasteiger partial charge on any atom is 0.255 e. The van der Waals surface area contributed by atoms with E-state index >= 15 is 0 Å². The van der Waals surface area contributed by atoms with Gasteiger partial charge < -0.3 is 19.5 Å². The van der Waals surface area contributed by atoms with Crippen molar-refractivity contribution in [3.63, 3.8) is 0 Å². The molecule has 1 amide bonds. The summed E-state index contributed by atoms with van der Waals surface area (Å²) in [4.78, 5) is 14.8. The van der Waals surface area contributed by atoms with Crippen molar-refractivity contribution in [3.05, 3.63) is 58.7 Å². The number of hydrogen-bond acceptors (Lipinski definition) is 6. The first-order valence-electron chi connectivity index (χ1n) is 10.8. The highest BCUT2D eigenvalue weighted by atomic mass is 32.2. The summed E-state index contributed by atoms with van der Waals surface area (Å²) < 4.78 is 35.6. The molecule has 0 spiro atoms. The monoisotopic (exact) mass is 471 g/mol. The lowest BCUT2D eigenvalue weighted by molar-refractivity contribution is 0.0718. The Balaban J connectivity index is 1.95. The van der Waals surface area contributed by atoms with Crippen LogP contribution >= 0.6 is 0 Å². The third-order valence-electron chi connectivity index (χ3n) is 5.34. The summed E-state index contributed by atoms with van der Waals surface area (Å²) in [5.41, 5.74) is 2.80. The van der Waals surface area contributed by atoms with E-state index in [0.29, 0.717) is 42.1 Å². The van der Waals surface area contributed by atoms with Crippen LogP contribution in [0.2, 0.25) is 0 Å². The summed E-state index contributed by atoms with van der Waals surface area (Å²) in [7, 11) is -1.86. The molecule has 1 heterocycles. The van der Waals surface area contributed by atoms with Gasteiger partial charge in [-0.2, -0.15) is 0 Å². The normalized spacial score (nSPS) is 13.8. The second kappa shape index (κ2) is 10.7. The molecule has 0 saturated carbocycles. The number of sulfone groups is 1. The van der Waals surface area contributed by atoms with Gasteiger partial charge in [-0.15, -0.1) is 0 Å². The molecule has 2 aromatic rings. The van der Waals surface area contributed by atoms with Crippen molar-refractivity contribution in [3.8, 4) is 23.3 Å². The molecular formula is C25H29NO6S. The molecule has 0 aliphatic carbocycles. The van der Waals surface area contributed by atoms with Crippen LogP contribution in [-0.4, -0.2) is 56.7 Å². The van der Waals surface area contributed by atoms with Gasteiger partial charge in [-0.05, 0) is 54.8 Å². The van der Waals surface area contributed by atoms with E-state index in [1.807, 2.05) is 13.0 Å². The molecule has 0 aromatic heterocycles. The number of carbonyl (C=O) groups excluding carboxylic acids is 1. The first-order chi connectivity index (χ1) is 15.8. The van der Waals surface area contributed by atoms with Crippen molar-refractivity contribution in [1.29, 1.82) is 0 Å². The lowest BCUT2D eigenvalue weighted by atomic mass is 10.1. The largest absolute Gasteiger partial charge is 0.493 e. The van der Waals surface area contributed by atoms with E-state index in [0.717, 1.165) is 11.1 Å². The van der Waals surface area contributed by atoms with E-state index in [1.165, 1.54) is 13.4 Å². The molecule has 0 bridgehead atoms. The number of hydrogen-bond donors (Lipinski definition) is 1. The minimum absolute atomic E-state index is 0.0976. The van der Waals surface area contributed by atoms with E-state index < -0.39 is 15.9 Å². The Hall–Kier alpha value is -3.02. The van der Waals surface area contributed by atoms with Crippen LogP contribution in [0.1, 0.15) is 52.9 Å². The van der Waals surface area contributed by atoms with Crippen LogP contribution in [0.3, 0.4) is 0 Å². The van der Waals surface area contributed by atoms with E-state index in [2.05, 4.69) is 11.8 Å². The van der Waals surface area contributed by atoms with Gasteiger partial charge in [-0.3, -0.25) is 4.79 Å². The Bertz CT molecular complexity index is 1180. The number of carbonyl (C=O) groups is 1. The highest BCUT2D eigenvalue weighted by Gasteiger charge is 2.35.